The van der Waals surface area contributed by atoms with Crippen LogP contribution in [0.25, 0.3) is 0 Å². The Bertz CT molecular complexity index is 254. The molecule has 0 amide bonds. The number of piperidine rings is 1. The van der Waals surface area contributed by atoms with Gasteiger partial charge in [0.2, 0.25) is 0 Å². The fourth-order valence-electron chi connectivity index (χ4n) is 2.25. The summed E-state index contributed by atoms with van der Waals surface area (Å²) in [6.07, 6.45) is -9.58. The molecule has 1 rings (SSSR count). The summed E-state index contributed by atoms with van der Waals surface area (Å²) < 4.78 is 75.3. The first-order valence-corrected chi connectivity index (χ1v) is 5.73. The van der Waals surface area contributed by atoms with Crippen LogP contribution in [0.4, 0.5) is 26.3 Å². The van der Waals surface area contributed by atoms with Gasteiger partial charge in [0, 0.05) is 0 Å². The lowest BCUT2D eigenvalue weighted by Crippen LogP contribution is -2.51. The Balaban J connectivity index is 2.60. The summed E-state index contributed by atoms with van der Waals surface area (Å²) in [5, 5.41) is 0. The largest absolute Gasteiger partial charge is 0.404 e. The Morgan fingerprint density at radius 1 is 1.06 bits per heavy atom. The van der Waals surface area contributed by atoms with Gasteiger partial charge < -0.3 is 5.73 Å². The van der Waals surface area contributed by atoms with Crippen LogP contribution < -0.4 is 5.73 Å². The highest BCUT2D eigenvalue weighted by Gasteiger charge is 2.47. The molecule has 0 aliphatic carbocycles. The van der Waals surface area contributed by atoms with Gasteiger partial charge in [0.1, 0.15) is 6.04 Å². The lowest BCUT2D eigenvalue weighted by Gasteiger charge is -2.38. The van der Waals surface area contributed by atoms with Crippen molar-refractivity contribution >= 4 is 0 Å². The molecule has 0 aromatic rings. The van der Waals surface area contributed by atoms with E-state index >= 15 is 0 Å². The maximum Gasteiger partial charge on any atom is 0.404 e. The summed E-state index contributed by atoms with van der Waals surface area (Å²) in [6, 6.07) is -1.73. The number of hydrogen-bond donors (Lipinski definition) is 1. The Kier molecular flexibility index (Phi) is 4.88. The molecule has 1 saturated heterocycles. The predicted octanol–water partition coefficient (Wildman–Crippen LogP) is 2.54. The van der Waals surface area contributed by atoms with Crippen molar-refractivity contribution in [3.05, 3.63) is 0 Å². The number of nitrogens with zero attached hydrogens (tertiary/aromatic N) is 1. The van der Waals surface area contributed by atoms with Gasteiger partial charge in [-0.2, -0.15) is 26.3 Å². The average Bonchev–Trinajstić information content (AvgIpc) is 2.23. The van der Waals surface area contributed by atoms with E-state index in [1.807, 2.05) is 0 Å². The highest BCUT2D eigenvalue weighted by Crippen LogP contribution is 2.36. The zero-order chi connectivity index (χ0) is 14.0. The van der Waals surface area contributed by atoms with Crippen molar-refractivity contribution in [1.29, 1.82) is 0 Å². The monoisotopic (exact) mass is 278 g/mol. The molecular weight excluding hydrogens is 262 g/mol. The van der Waals surface area contributed by atoms with Crippen LogP contribution in [0.1, 0.15) is 19.3 Å². The van der Waals surface area contributed by atoms with E-state index in [0.29, 0.717) is 0 Å². The summed E-state index contributed by atoms with van der Waals surface area (Å²) in [5.41, 5.74) is 5.12. The summed E-state index contributed by atoms with van der Waals surface area (Å²) in [6.45, 7) is -0.508. The minimum absolute atomic E-state index is 0.136. The number of nitrogens with two attached hydrogens (primary N) is 1. The molecule has 1 aliphatic rings. The number of hydrogen-bond acceptors (Lipinski definition) is 2. The molecular formula is C10H16F6N2. The molecule has 0 spiro atoms. The van der Waals surface area contributed by atoms with Crippen LogP contribution >= 0.6 is 0 Å². The lowest BCUT2D eigenvalue weighted by molar-refractivity contribution is -0.207. The zero-order valence-electron chi connectivity index (χ0n) is 9.69. The third-order valence-corrected chi connectivity index (χ3v) is 3.25. The first kappa shape index (κ1) is 15.6. The van der Waals surface area contributed by atoms with Gasteiger partial charge in [0.25, 0.3) is 0 Å². The first-order valence-electron chi connectivity index (χ1n) is 5.73. The Morgan fingerprint density at radius 2 is 1.56 bits per heavy atom. The van der Waals surface area contributed by atoms with Gasteiger partial charge in [-0.1, -0.05) is 0 Å². The third kappa shape index (κ3) is 4.01. The van der Waals surface area contributed by atoms with Crippen molar-refractivity contribution < 1.29 is 26.3 Å². The smallest absolute Gasteiger partial charge is 0.330 e. The predicted molar refractivity (Wildman–Crippen MR) is 53.9 cm³/mol. The minimum Gasteiger partial charge on any atom is -0.330 e. The molecule has 2 N–H and O–H groups in total. The van der Waals surface area contributed by atoms with Crippen LogP contribution in [0.3, 0.4) is 0 Å². The molecule has 1 aliphatic heterocycles. The highest BCUT2D eigenvalue weighted by atomic mass is 19.4. The summed E-state index contributed by atoms with van der Waals surface area (Å²) in [5.74, 6) is -1.49. The molecule has 0 aromatic carbocycles. The van der Waals surface area contributed by atoms with E-state index in [0.717, 1.165) is 4.90 Å². The molecule has 108 valence electrons. The Labute approximate surface area is 101 Å². The van der Waals surface area contributed by atoms with Gasteiger partial charge in [0.05, 0.1) is 5.92 Å². The molecule has 8 heteroatoms. The quantitative estimate of drug-likeness (QED) is 0.804. The van der Waals surface area contributed by atoms with Crippen molar-refractivity contribution in [2.75, 3.05) is 19.6 Å². The second kappa shape index (κ2) is 5.64. The zero-order valence-corrected chi connectivity index (χ0v) is 9.69. The molecule has 0 bridgehead atoms. The number of likely N-dealkylation sites (tertiary alicyclic amines) is 1. The van der Waals surface area contributed by atoms with E-state index in [-0.39, 0.29) is 38.9 Å². The number of rotatable bonds is 3. The van der Waals surface area contributed by atoms with Gasteiger partial charge in [-0.25, -0.2) is 0 Å². The van der Waals surface area contributed by atoms with Crippen LogP contribution in [0.2, 0.25) is 0 Å². The van der Waals surface area contributed by atoms with Crippen LogP contribution in [-0.4, -0.2) is 42.9 Å². The summed E-state index contributed by atoms with van der Waals surface area (Å²) in [7, 11) is 0. The molecule has 0 aromatic heterocycles. The normalized spacial score (nSPS) is 22.2. The second-order valence-electron chi connectivity index (χ2n) is 4.49. The summed E-state index contributed by atoms with van der Waals surface area (Å²) >= 11 is 0. The Hall–Kier alpha value is -0.500. The van der Waals surface area contributed by atoms with Crippen molar-refractivity contribution in [3.63, 3.8) is 0 Å². The highest BCUT2D eigenvalue weighted by molar-refractivity contribution is 4.85. The van der Waals surface area contributed by atoms with E-state index < -0.39 is 24.3 Å². The topological polar surface area (TPSA) is 29.3 Å². The van der Waals surface area contributed by atoms with Crippen LogP contribution in [0, 0.1) is 5.92 Å². The number of alkyl halides is 6. The van der Waals surface area contributed by atoms with E-state index in [1.165, 1.54) is 0 Å². The van der Waals surface area contributed by atoms with Crippen molar-refractivity contribution in [3.8, 4) is 0 Å². The molecule has 1 unspecified atom stereocenters. The second-order valence-corrected chi connectivity index (χ2v) is 4.49. The summed E-state index contributed by atoms with van der Waals surface area (Å²) in [4.78, 5) is 1.06. The average molecular weight is 278 g/mol. The van der Waals surface area contributed by atoms with Gasteiger partial charge in [-0.05, 0) is 38.9 Å². The van der Waals surface area contributed by atoms with E-state index in [9.17, 15) is 26.3 Å². The molecule has 1 fully saturated rings. The maximum absolute atomic E-state index is 12.7. The van der Waals surface area contributed by atoms with Crippen LogP contribution in [0.15, 0.2) is 0 Å². The molecule has 1 heterocycles. The SMILES string of the molecule is NCCC(N1CCC(C(F)(F)F)CC1)C(F)(F)F. The van der Waals surface area contributed by atoms with Crippen molar-refractivity contribution in [2.45, 2.75) is 37.7 Å². The van der Waals surface area contributed by atoms with Gasteiger partial charge in [0.15, 0.2) is 0 Å². The standard InChI is InChI=1S/C10H16F6N2/c11-9(12,13)7-2-5-18(6-3-7)8(1-4-17)10(14,15)16/h7-8H,1-6,17H2. The van der Waals surface area contributed by atoms with Crippen molar-refractivity contribution in [2.24, 2.45) is 11.7 Å². The molecule has 18 heavy (non-hydrogen) atoms. The van der Waals surface area contributed by atoms with Crippen molar-refractivity contribution in [1.82, 2.24) is 4.90 Å². The molecule has 0 saturated carbocycles. The van der Waals surface area contributed by atoms with Gasteiger partial charge in [-0.15, -0.1) is 0 Å². The lowest BCUT2D eigenvalue weighted by atomic mass is 9.94. The van der Waals surface area contributed by atoms with E-state index in [1.54, 1.807) is 0 Å². The van der Waals surface area contributed by atoms with Crippen LogP contribution in [-0.2, 0) is 0 Å². The fraction of sp³-hybridized carbons (Fsp3) is 1.00. The molecule has 2 nitrogen and oxygen atoms in total. The minimum atomic E-state index is -4.44. The first-order chi connectivity index (χ1) is 8.16. The van der Waals surface area contributed by atoms with Gasteiger partial charge >= 0.3 is 12.4 Å². The third-order valence-electron chi connectivity index (χ3n) is 3.25. The maximum atomic E-state index is 12.7. The fourth-order valence-corrected chi connectivity index (χ4v) is 2.25. The van der Waals surface area contributed by atoms with E-state index in [2.05, 4.69) is 0 Å². The molecule has 0 radical (unpaired) electrons. The van der Waals surface area contributed by atoms with Gasteiger partial charge in [-0.3, -0.25) is 4.90 Å². The Morgan fingerprint density at radius 3 is 1.89 bits per heavy atom. The molecule has 1 atom stereocenters. The number of halogens is 6. The van der Waals surface area contributed by atoms with E-state index in [4.69, 9.17) is 5.73 Å². The van der Waals surface area contributed by atoms with Crippen LogP contribution in [0.5, 0.6) is 0 Å².